The lowest BCUT2D eigenvalue weighted by atomic mass is 9.53. The van der Waals surface area contributed by atoms with Gasteiger partial charge in [-0.25, -0.2) is 0 Å². The predicted molar refractivity (Wildman–Crippen MR) is 118 cm³/mol. The van der Waals surface area contributed by atoms with Crippen LogP contribution in [0.5, 0.6) is 5.75 Å². The number of benzene rings is 1. The maximum absolute atomic E-state index is 11.1. The number of hydrogen-bond acceptors (Lipinski definition) is 3. The van der Waals surface area contributed by atoms with E-state index in [0.29, 0.717) is 17.8 Å². The van der Waals surface area contributed by atoms with E-state index in [1.807, 2.05) is 0 Å². The Morgan fingerprint density at radius 3 is 2.72 bits per heavy atom. The van der Waals surface area contributed by atoms with Crippen molar-refractivity contribution in [2.75, 3.05) is 26.2 Å². The minimum absolute atomic E-state index is 0.117. The summed E-state index contributed by atoms with van der Waals surface area (Å²) in [7, 11) is 0. The van der Waals surface area contributed by atoms with Crippen molar-refractivity contribution in [3.05, 3.63) is 29.3 Å². The van der Waals surface area contributed by atoms with E-state index in [-0.39, 0.29) is 5.41 Å². The number of aliphatic hydroxyl groups is 1. The molecule has 1 aromatic carbocycles. The van der Waals surface area contributed by atoms with Crippen LogP contribution in [0.15, 0.2) is 18.2 Å². The summed E-state index contributed by atoms with van der Waals surface area (Å²) >= 11 is 0. The Bertz CT molecular complexity index is 779. The zero-order valence-electron chi connectivity index (χ0n) is 18.4. The molecule has 1 aromatic rings. The number of aryl methyl sites for hydroxylation is 1. The molecular weight excluding hydrogens is 358 g/mol. The van der Waals surface area contributed by atoms with Gasteiger partial charge in [0.05, 0.1) is 0 Å². The minimum Gasteiger partial charge on any atom is -0.492 e. The number of nitrogens with zero attached hydrogens (tertiary/aromatic N) is 1. The van der Waals surface area contributed by atoms with E-state index in [1.165, 1.54) is 17.5 Å². The monoisotopic (exact) mass is 395 g/mol. The molecular formula is C26H37NO2. The highest BCUT2D eigenvalue weighted by Gasteiger charge is 2.61. The topological polar surface area (TPSA) is 32.7 Å². The molecule has 3 aliphatic carbocycles. The lowest BCUT2D eigenvalue weighted by Gasteiger charge is -2.52. The molecule has 2 fully saturated rings. The third-order valence-electron chi connectivity index (χ3n) is 8.66. The van der Waals surface area contributed by atoms with Gasteiger partial charge in [-0.15, -0.1) is 6.42 Å². The van der Waals surface area contributed by atoms with E-state index in [4.69, 9.17) is 11.2 Å². The molecule has 3 aliphatic rings. The molecule has 0 spiro atoms. The molecule has 29 heavy (non-hydrogen) atoms. The lowest BCUT2D eigenvalue weighted by Crippen LogP contribution is -2.50. The highest BCUT2D eigenvalue weighted by molar-refractivity contribution is 5.41. The van der Waals surface area contributed by atoms with E-state index in [0.717, 1.165) is 64.1 Å². The van der Waals surface area contributed by atoms with Crippen LogP contribution < -0.4 is 4.74 Å². The fourth-order valence-corrected chi connectivity index (χ4v) is 6.73. The first-order valence-corrected chi connectivity index (χ1v) is 11.6. The van der Waals surface area contributed by atoms with E-state index in [2.05, 4.69) is 49.8 Å². The summed E-state index contributed by atoms with van der Waals surface area (Å²) < 4.78 is 6.07. The van der Waals surface area contributed by atoms with Gasteiger partial charge in [-0.2, -0.15) is 0 Å². The second kappa shape index (κ2) is 7.97. The van der Waals surface area contributed by atoms with Gasteiger partial charge < -0.3 is 14.7 Å². The molecule has 0 saturated heterocycles. The van der Waals surface area contributed by atoms with Crippen LogP contribution >= 0.6 is 0 Å². The van der Waals surface area contributed by atoms with Crippen LogP contribution in [0.2, 0.25) is 0 Å². The Kier molecular flexibility index (Phi) is 5.70. The summed E-state index contributed by atoms with van der Waals surface area (Å²) in [5, 5.41) is 11.1. The van der Waals surface area contributed by atoms with E-state index < -0.39 is 5.60 Å². The van der Waals surface area contributed by atoms with Gasteiger partial charge in [-0.3, -0.25) is 0 Å². The number of ether oxygens (including phenoxy) is 1. The smallest absolute Gasteiger partial charge is 0.130 e. The van der Waals surface area contributed by atoms with Crippen LogP contribution in [0.4, 0.5) is 0 Å². The van der Waals surface area contributed by atoms with Crippen molar-refractivity contribution in [2.24, 2.45) is 17.3 Å². The molecule has 0 unspecified atom stereocenters. The maximum atomic E-state index is 11.1. The number of hydrogen-bond donors (Lipinski definition) is 1. The molecule has 4 rings (SSSR count). The van der Waals surface area contributed by atoms with Crippen molar-refractivity contribution in [1.29, 1.82) is 0 Å². The summed E-state index contributed by atoms with van der Waals surface area (Å²) in [5.41, 5.74) is 1.97. The molecule has 158 valence electrons. The summed E-state index contributed by atoms with van der Waals surface area (Å²) in [6, 6.07) is 6.78. The summed E-state index contributed by atoms with van der Waals surface area (Å²) in [4.78, 5) is 2.39. The fraction of sp³-hybridized carbons (Fsp3) is 0.692. The Morgan fingerprint density at radius 1 is 1.21 bits per heavy atom. The highest BCUT2D eigenvalue weighted by atomic mass is 16.5. The van der Waals surface area contributed by atoms with Crippen molar-refractivity contribution in [1.82, 2.24) is 4.90 Å². The summed E-state index contributed by atoms with van der Waals surface area (Å²) in [5.74, 6) is 5.59. The van der Waals surface area contributed by atoms with Crippen molar-refractivity contribution >= 4 is 0 Å². The number of terminal acetylenes is 1. The summed E-state index contributed by atoms with van der Waals surface area (Å²) in [6.45, 7) is 10.5. The summed E-state index contributed by atoms with van der Waals surface area (Å²) in [6.07, 6.45) is 12.1. The first-order valence-electron chi connectivity index (χ1n) is 11.6. The van der Waals surface area contributed by atoms with Gasteiger partial charge in [-0.1, -0.05) is 32.8 Å². The number of rotatable bonds is 6. The molecule has 5 atom stereocenters. The quantitative estimate of drug-likeness (QED) is 0.713. The fourth-order valence-electron chi connectivity index (χ4n) is 6.73. The van der Waals surface area contributed by atoms with Gasteiger partial charge in [0.15, 0.2) is 0 Å². The Labute approximate surface area is 176 Å². The van der Waals surface area contributed by atoms with E-state index in [9.17, 15) is 5.11 Å². The average Bonchev–Trinajstić information content (AvgIpc) is 3.02. The zero-order chi connectivity index (χ0) is 20.6. The van der Waals surface area contributed by atoms with Gasteiger partial charge in [0.2, 0.25) is 0 Å². The van der Waals surface area contributed by atoms with Crippen LogP contribution in [0.3, 0.4) is 0 Å². The normalized spacial score (nSPS) is 35.5. The van der Waals surface area contributed by atoms with Crippen LogP contribution in [0.25, 0.3) is 0 Å². The molecule has 3 heteroatoms. The van der Waals surface area contributed by atoms with Crippen LogP contribution in [-0.4, -0.2) is 41.8 Å². The molecule has 1 N–H and O–H groups in total. The van der Waals surface area contributed by atoms with E-state index >= 15 is 0 Å². The van der Waals surface area contributed by atoms with Gasteiger partial charge in [0, 0.05) is 12.0 Å². The SMILES string of the molecule is C#C[C@]1(O)CC[C@H]2[C@@H]3CCc4cc(OCCN(CC)CC)ccc4[C@H]3CC[C@@]21C. The highest BCUT2D eigenvalue weighted by Crippen LogP contribution is 2.64. The number of likely N-dealkylation sites (N-methyl/N-ethyl adjacent to an activating group) is 1. The second-order valence-corrected chi connectivity index (χ2v) is 9.65. The molecule has 0 radical (unpaired) electrons. The Balaban J connectivity index is 1.47. The zero-order valence-corrected chi connectivity index (χ0v) is 18.4. The van der Waals surface area contributed by atoms with Crippen molar-refractivity contribution in [2.45, 2.75) is 70.8 Å². The van der Waals surface area contributed by atoms with E-state index in [1.54, 1.807) is 0 Å². The van der Waals surface area contributed by atoms with Gasteiger partial charge >= 0.3 is 0 Å². The molecule has 0 amide bonds. The molecule has 0 aromatic heterocycles. The second-order valence-electron chi connectivity index (χ2n) is 9.65. The van der Waals surface area contributed by atoms with Crippen LogP contribution in [0, 0.1) is 29.6 Å². The van der Waals surface area contributed by atoms with Crippen LogP contribution in [0.1, 0.15) is 69.9 Å². The van der Waals surface area contributed by atoms with Crippen LogP contribution in [-0.2, 0) is 6.42 Å². The molecule has 2 saturated carbocycles. The van der Waals surface area contributed by atoms with Crippen molar-refractivity contribution in [3.8, 4) is 18.1 Å². The molecule has 0 aliphatic heterocycles. The Hall–Kier alpha value is -1.50. The standard InChI is InChI=1S/C26H37NO2/c1-5-26(28)15-13-24-23-10-8-19-18-20(29-17-16-27(6-2)7-3)9-11-21(19)22(23)12-14-25(24,26)4/h1,9,11,18,22-24,28H,6-8,10,12-17H2,2-4H3/t22-,23-,24+,25+,26+/m1/s1. The van der Waals surface area contributed by atoms with Gasteiger partial charge in [0.25, 0.3) is 0 Å². The van der Waals surface area contributed by atoms with Gasteiger partial charge in [-0.05, 0) is 92.6 Å². The number of fused-ring (bicyclic) bond motifs is 5. The average molecular weight is 396 g/mol. The largest absolute Gasteiger partial charge is 0.492 e. The van der Waals surface area contributed by atoms with Crippen molar-refractivity contribution in [3.63, 3.8) is 0 Å². The first kappa shape index (κ1) is 20.8. The van der Waals surface area contributed by atoms with Gasteiger partial charge in [0.1, 0.15) is 18.0 Å². The Morgan fingerprint density at radius 2 is 2.00 bits per heavy atom. The van der Waals surface area contributed by atoms with Crippen molar-refractivity contribution < 1.29 is 9.84 Å². The maximum Gasteiger partial charge on any atom is 0.130 e. The molecule has 0 bridgehead atoms. The predicted octanol–water partition coefficient (Wildman–Crippen LogP) is 4.63. The lowest BCUT2D eigenvalue weighted by molar-refractivity contribution is -0.0646. The minimum atomic E-state index is -0.911. The third kappa shape index (κ3) is 3.39. The third-order valence-corrected chi connectivity index (χ3v) is 8.66. The molecule has 0 heterocycles. The first-order chi connectivity index (χ1) is 14.0. The molecule has 3 nitrogen and oxygen atoms in total.